The Kier molecular flexibility index (Phi) is 3.27. The number of anilines is 1. The van der Waals surface area contributed by atoms with Crippen molar-refractivity contribution in [2.75, 3.05) is 11.9 Å². The van der Waals surface area contributed by atoms with Crippen molar-refractivity contribution in [2.45, 2.75) is 32.1 Å². The lowest BCUT2D eigenvalue weighted by atomic mass is 9.89. The number of benzene rings is 1. The van der Waals surface area contributed by atoms with Crippen molar-refractivity contribution in [2.24, 2.45) is 5.92 Å². The van der Waals surface area contributed by atoms with E-state index in [-0.39, 0.29) is 0 Å². The van der Waals surface area contributed by atoms with E-state index in [1.807, 2.05) is 5.51 Å². The monoisotopic (exact) mass is 246 g/mol. The van der Waals surface area contributed by atoms with Gasteiger partial charge in [0.05, 0.1) is 15.7 Å². The average molecular weight is 246 g/mol. The molecule has 0 spiro atoms. The van der Waals surface area contributed by atoms with Crippen molar-refractivity contribution in [3.63, 3.8) is 0 Å². The summed E-state index contributed by atoms with van der Waals surface area (Å²) in [6.45, 7) is 1.13. The summed E-state index contributed by atoms with van der Waals surface area (Å²) in [6.07, 6.45) is 7.06. The van der Waals surface area contributed by atoms with Gasteiger partial charge in [-0.1, -0.05) is 19.3 Å². The van der Waals surface area contributed by atoms with E-state index in [0.717, 1.165) is 18.0 Å². The first kappa shape index (κ1) is 11.0. The molecule has 1 aromatic heterocycles. The van der Waals surface area contributed by atoms with E-state index < -0.39 is 0 Å². The van der Waals surface area contributed by atoms with E-state index in [0.29, 0.717) is 0 Å². The van der Waals surface area contributed by atoms with E-state index in [4.69, 9.17) is 0 Å². The van der Waals surface area contributed by atoms with Crippen LogP contribution in [0.15, 0.2) is 23.7 Å². The number of fused-ring (bicyclic) bond motifs is 1. The van der Waals surface area contributed by atoms with Gasteiger partial charge in [0.15, 0.2) is 0 Å². The molecule has 0 bridgehead atoms. The van der Waals surface area contributed by atoms with Gasteiger partial charge >= 0.3 is 0 Å². The highest BCUT2D eigenvalue weighted by Crippen LogP contribution is 2.25. The standard InChI is InChI=1S/C14H18N2S/c1-2-4-11(5-3-1)9-15-12-6-7-13-14(8-12)17-10-16-13/h6-8,10-11,15H,1-5,9H2. The highest BCUT2D eigenvalue weighted by molar-refractivity contribution is 7.16. The minimum atomic E-state index is 0.876. The molecule has 1 aliphatic carbocycles. The van der Waals surface area contributed by atoms with Crippen LogP contribution in [0, 0.1) is 5.92 Å². The lowest BCUT2D eigenvalue weighted by Gasteiger charge is -2.22. The first-order valence-electron chi connectivity index (χ1n) is 6.49. The second-order valence-corrected chi connectivity index (χ2v) is 5.81. The molecule has 17 heavy (non-hydrogen) atoms. The lowest BCUT2D eigenvalue weighted by Crippen LogP contribution is -2.16. The molecule has 1 N–H and O–H groups in total. The third kappa shape index (κ3) is 2.60. The van der Waals surface area contributed by atoms with E-state index in [1.165, 1.54) is 42.5 Å². The molecule has 0 amide bonds. The predicted octanol–water partition coefficient (Wildman–Crippen LogP) is 4.29. The molecule has 0 saturated heterocycles. The van der Waals surface area contributed by atoms with Crippen LogP contribution in [0.5, 0.6) is 0 Å². The molecule has 2 nitrogen and oxygen atoms in total. The average Bonchev–Trinajstić information content (AvgIpc) is 2.85. The molecule has 3 heteroatoms. The van der Waals surface area contributed by atoms with Crippen LogP contribution in [0.1, 0.15) is 32.1 Å². The Morgan fingerprint density at radius 1 is 1.24 bits per heavy atom. The summed E-state index contributed by atoms with van der Waals surface area (Å²) in [5.41, 5.74) is 4.26. The zero-order chi connectivity index (χ0) is 11.5. The van der Waals surface area contributed by atoms with E-state index in [1.54, 1.807) is 11.3 Å². The van der Waals surface area contributed by atoms with Gasteiger partial charge in [0.1, 0.15) is 0 Å². The van der Waals surface area contributed by atoms with Crippen molar-refractivity contribution >= 4 is 27.2 Å². The maximum absolute atomic E-state index is 4.30. The Morgan fingerprint density at radius 3 is 3.00 bits per heavy atom. The van der Waals surface area contributed by atoms with Crippen LogP contribution in [0.25, 0.3) is 10.2 Å². The van der Waals surface area contributed by atoms with Crippen LogP contribution in [0.4, 0.5) is 5.69 Å². The topological polar surface area (TPSA) is 24.9 Å². The number of thiazole rings is 1. The van der Waals surface area contributed by atoms with E-state index in [9.17, 15) is 0 Å². The molecule has 90 valence electrons. The van der Waals surface area contributed by atoms with Crippen LogP contribution in [0.2, 0.25) is 0 Å². The van der Waals surface area contributed by atoms with Crippen LogP contribution < -0.4 is 5.32 Å². The molecule has 0 aliphatic heterocycles. The van der Waals surface area contributed by atoms with E-state index in [2.05, 4.69) is 28.5 Å². The summed E-state index contributed by atoms with van der Waals surface area (Å²) in [6, 6.07) is 6.47. The zero-order valence-electron chi connectivity index (χ0n) is 9.98. The fraction of sp³-hybridized carbons (Fsp3) is 0.500. The zero-order valence-corrected chi connectivity index (χ0v) is 10.8. The lowest BCUT2D eigenvalue weighted by molar-refractivity contribution is 0.373. The Morgan fingerprint density at radius 2 is 2.12 bits per heavy atom. The van der Waals surface area contributed by atoms with Crippen molar-refractivity contribution in [3.05, 3.63) is 23.7 Å². The smallest absolute Gasteiger partial charge is 0.0813 e. The van der Waals surface area contributed by atoms with Gasteiger partial charge in [-0.2, -0.15) is 0 Å². The summed E-state index contributed by atoms with van der Waals surface area (Å²) in [4.78, 5) is 4.30. The van der Waals surface area contributed by atoms with Crippen LogP contribution in [0.3, 0.4) is 0 Å². The Bertz CT molecular complexity index is 486. The fourth-order valence-electron chi connectivity index (χ4n) is 2.62. The summed E-state index contributed by atoms with van der Waals surface area (Å²) in [7, 11) is 0. The summed E-state index contributed by atoms with van der Waals surface area (Å²) in [5.74, 6) is 0.876. The molecule has 0 radical (unpaired) electrons. The number of hydrogen-bond acceptors (Lipinski definition) is 3. The van der Waals surface area contributed by atoms with Crippen molar-refractivity contribution in [3.8, 4) is 0 Å². The van der Waals surface area contributed by atoms with Crippen molar-refractivity contribution < 1.29 is 0 Å². The largest absolute Gasteiger partial charge is 0.385 e. The van der Waals surface area contributed by atoms with Crippen LogP contribution >= 0.6 is 11.3 Å². The number of rotatable bonds is 3. The number of aromatic nitrogens is 1. The Labute approximate surface area is 106 Å². The van der Waals surface area contributed by atoms with Gasteiger partial charge in [-0.3, -0.25) is 0 Å². The van der Waals surface area contributed by atoms with Crippen LogP contribution in [-0.2, 0) is 0 Å². The van der Waals surface area contributed by atoms with Gasteiger partial charge in [-0.15, -0.1) is 11.3 Å². The highest BCUT2D eigenvalue weighted by Gasteiger charge is 2.12. The van der Waals surface area contributed by atoms with Gasteiger partial charge in [0.2, 0.25) is 0 Å². The Balaban J connectivity index is 1.63. The molecule has 0 atom stereocenters. The van der Waals surface area contributed by atoms with Gasteiger partial charge in [-0.25, -0.2) is 4.98 Å². The first-order chi connectivity index (χ1) is 8.42. The molecule has 3 rings (SSSR count). The third-order valence-corrected chi connectivity index (χ3v) is 4.44. The summed E-state index contributed by atoms with van der Waals surface area (Å²) >= 11 is 1.71. The maximum Gasteiger partial charge on any atom is 0.0813 e. The highest BCUT2D eigenvalue weighted by atomic mass is 32.1. The Hall–Kier alpha value is -1.09. The molecule has 1 saturated carbocycles. The van der Waals surface area contributed by atoms with Gasteiger partial charge in [0, 0.05) is 12.2 Å². The molecule has 1 heterocycles. The van der Waals surface area contributed by atoms with Gasteiger partial charge in [-0.05, 0) is 37.0 Å². The van der Waals surface area contributed by atoms with Crippen LogP contribution in [-0.4, -0.2) is 11.5 Å². The second-order valence-electron chi connectivity index (χ2n) is 4.92. The van der Waals surface area contributed by atoms with Crippen molar-refractivity contribution in [1.82, 2.24) is 4.98 Å². The first-order valence-corrected chi connectivity index (χ1v) is 7.37. The number of hydrogen-bond donors (Lipinski definition) is 1. The maximum atomic E-state index is 4.30. The van der Waals surface area contributed by atoms with Gasteiger partial charge in [0.25, 0.3) is 0 Å². The quantitative estimate of drug-likeness (QED) is 0.874. The van der Waals surface area contributed by atoms with Gasteiger partial charge < -0.3 is 5.32 Å². The minimum absolute atomic E-state index is 0.876. The summed E-state index contributed by atoms with van der Waals surface area (Å²) in [5, 5.41) is 3.58. The molecule has 1 aromatic carbocycles. The SMILES string of the molecule is c1nc2ccc(NCC3CCCCC3)cc2s1. The molecule has 1 fully saturated rings. The molecule has 1 aliphatic rings. The minimum Gasteiger partial charge on any atom is -0.385 e. The number of nitrogens with one attached hydrogen (secondary N) is 1. The van der Waals surface area contributed by atoms with E-state index >= 15 is 0 Å². The molecular formula is C14H18N2S. The predicted molar refractivity (Wildman–Crippen MR) is 74.7 cm³/mol. The summed E-state index contributed by atoms with van der Waals surface area (Å²) < 4.78 is 1.28. The molecule has 0 unspecified atom stereocenters. The van der Waals surface area contributed by atoms with Crippen molar-refractivity contribution in [1.29, 1.82) is 0 Å². The normalized spacial score (nSPS) is 17.4. The molecule has 2 aromatic rings. The second kappa shape index (κ2) is 5.05. The molecular weight excluding hydrogens is 228 g/mol. The fourth-order valence-corrected chi connectivity index (χ4v) is 3.33. The number of nitrogens with zero attached hydrogens (tertiary/aromatic N) is 1. The third-order valence-electron chi connectivity index (χ3n) is 3.65.